The number of carbonyl (C=O) groups excluding carboxylic acids is 1. The van der Waals surface area contributed by atoms with Crippen molar-refractivity contribution in [2.45, 2.75) is 51.8 Å². The van der Waals surface area contributed by atoms with E-state index in [9.17, 15) is 14.7 Å². The highest BCUT2D eigenvalue weighted by atomic mass is 16.4. The Morgan fingerprint density at radius 1 is 1.30 bits per heavy atom. The van der Waals surface area contributed by atoms with E-state index in [1.54, 1.807) is 18.2 Å². The normalized spacial score (nSPS) is 30.5. The molecule has 1 amide bonds. The van der Waals surface area contributed by atoms with E-state index in [0.717, 1.165) is 0 Å². The molecule has 4 nitrogen and oxygen atoms in total. The molecular weight excluding hydrogens is 290 g/mol. The second-order valence-electron chi connectivity index (χ2n) is 5.75. The van der Waals surface area contributed by atoms with Crippen LogP contribution in [0.15, 0.2) is 30.3 Å². The van der Waals surface area contributed by atoms with Gasteiger partial charge in [0.15, 0.2) is 0 Å². The quantitative estimate of drug-likeness (QED) is 0.843. The number of hydrogen-bond acceptors (Lipinski definition) is 2. The summed E-state index contributed by atoms with van der Waals surface area (Å²) >= 11 is 0. The SMILES string of the molecule is [2H]C([2H])(c1ccccc1)[C@@H](NC(=O)C1CCC(C([2H])(C([2H])([2H])[2H])C([2H])([2H])[2H])CC1)C(=O)O. The molecule has 0 aromatic heterocycles. The van der Waals surface area contributed by atoms with Crippen LogP contribution in [-0.4, -0.2) is 23.0 Å². The largest absolute Gasteiger partial charge is 0.480 e. The van der Waals surface area contributed by atoms with Gasteiger partial charge in [0, 0.05) is 24.6 Å². The van der Waals surface area contributed by atoms with Gasteiger partial charge in [-0.05, 0) is 43.1 Å². The maximum absolute atomic E-state index is 12.7. The van der Waals surface area contributed by atoms with E-state index in [4.69, 9.17) is 12.3 Å². The van der Waals surface area contributed by atoms with Gasteiger partial charge in [0.25, 0.3) is 0 Å². The number of amides is 1. The standard InChI is InChI=1S/C19H27NO3/c1-13(2)15-8-10-16(11-9-15)18(21)20-17(19(22)23)12-14-6-4-3-5-7-14/h3-7,13,15-17H,8-12H2,1-2H3,(H,20,21)(H,22,23)/t15?,16?,17-/m1/s1/i1D3,2D3,12D2,13D. The summed E-state index contributed by atoms with van der Waals surface area (Å²) in [5.41, 5.74) is 0.0887. The lowest BCUT2D eigenvalue weighted by atomic mass is 9.76. The van der Waals surface area contributed by atoms with Gasteiger partial charge in [-0.3, -0.25) is 4.79 Å². The molecule has 0 bridgehead atoms. The molecule has 0 spiro atoms. The van der Waals surface area contributed by atoms with E-state index in [0.29, 0.717) is 0 Å². The van der Waals surface area contributed by atoms with Crippen molar-refractivity contribution in [1.29, 1.82) is 0 Å². The van der Waals surface area contributed by atoms with Gasteiger partial charge in [-0.2, -0.15) is 0 Å². The van der Waals surface area contributed by atoms with Crippen molar-refractivity contribution in [3.8, 4) is 0 Å². The summed E-state index contributed by atoms with van der Waals surface area (Å²) in [5.74, 6) is -6.64. The number of hydrogen-bond donors (Lipinski definition) is 2. The smallest absolute Gasteiger partial charge is 0.326 e. The van der Waals surface area contributed by atoms with Gasteiger partial charge in [0.2, 0.25) is 5.91 Å². The van der Waals surface area contributed by atoms with Crippen molar-refractivity contribution in [2.75, 3.05) is 0 Å². The molecule has 0 aliphatic heterocycles. The Hall–Kier alpha value is -1.84. The number of aliphatic carboxylic acids is 1. The summed E-state index contributed by atoms with van der Waals surface area (Å²) in [4.78, 5) is 24.5. The van der Waals surface area contributed by atoms with E-state index in [2.05, 4.69) is 5.32 Å². The average molecular weight is 326 g/mol. The van der Waals surface area contributed by atoms with Crippen LogP contribution < -0.4 is 5.32 Å². The molecule has 23 heavy (non-hydrogen) atoms. The van der Waals surface area contributed by atoms with Crippen molar-refractivity contribution in [3.63, 3.8) is 0 Å². The van der Waals surface area contributed by atoms with Crippen LogP contribution in [0.2, 0.25) is 0 Å². The van der Waals surface area contributed by atoms with Crippen molar-refractivity contribution in [1.82, 2.24) is 5.32 Å². The zero-order valence-electron chi connectivity index (χ0n) is 21.7. The number of rotatable bonds is 6. The Morgan fingerprint density at radius 2 is 1.96 bits per heavy atom. The Bertz CT molecular complexity index is 802. The Kier molecular flexibility index (Phi) is 3.13. The molecular formula is C19H27NO3. The van der Waals surface area contributed by atoms with Crippen LogP contribution in [0.1, 0.15) is 57.3 Å². The topological polar surface area (TPSA) is 66.4 Å². The minimum Gasteiger partial charge on any atom is -0.480 e. The molecule has 0 saturated heterocycles. The third-order valence-electron chi connectivity index (χ3n) is 4.12. The van der Waals surface area contributed by atoms with Crippen molar-refractivity contribution in [3.05, 3.63) is 35.9 Å². The minimum absolute atomic E-state index is 0.00167. The second-order valence-corrected chi connectivity index (χ2v) is 5.75. The lowest BCUT2D eigenvalue weighted by Crippen LogP contribution is -2.45. The predicted octanol–water partition coefficient (Wildman–Crippen LogP) is 3.26. The highest BCUT2D eigenvalue weighted by Gasteiger charge is 2.30. The molecule has 0 heterocycles. The summed E-state index contributed by atoms with van der Waals surface area (Å²) < 4.78 is 70.4. The minimum atomic E-state index is -3.04. The van der Waals surface area contributed by atoms with Gasteiger partial charge in [-0.15, -0.1) is 0 Å². The summed E-state index contributed by atoms with van der Waals surface area (Å²) in [6, 6.07) is 5.75. The highest BCUT2D eigenvalue weighted by molar-refractivity contribution is 5.85. The van der Waals surface area contributed by atoms with Gasteiger partial charge < -0.3 is 10.4 Å². The first-order valence-corrected chi connectivity index (χ1v) is 7.62. The summed E-state index contributed by atoms with van der Waals surface area (Å²) in [7, 11) is 0. The summed E-state index contributed by atoms with van der Waals surface area (Å²) in [6.45, 7) is -6.09. The average Bonchev–Trinajstić information content (AvgIpc) is 2.70. The molecule has 1 saturated carbocycles. The Balaban J connectivity index is 2.13. The van der Waals surface area contributed by atoms with Crippen molar-refractivity contribution in [2.24, 2.45) is 17.7 Å². The zero-order chi connectivity index (χ0) is 24.5. The first-order chi connectivity index (χ1) is 14.5. The number of carboxylic acids is 1. The first kappa shape index (κ1) is 8.86. The van der Waals surface area contributed by atoms with E-state index < -0.39 is 55.7 Å². The fourth-order valence-electron chi connectivity index (χ4n) is 2.76. The molecule has 1 aliphatic rings. The van der Waals surface area contributed by atoms with Crippen LogP contribution >= 0.6 is 0 Å². The van der Waals surface area contributed by atoms with Gasteiger partial charge >= 0.3 is 5.97 Å². The molecule has 1 fully saturated rings. The second kappa shape index (κ2) is 8.14. The highest BCUT2D eigenvalue weighted by Crippen LogP contribution is 2.33. The maximum atomic E-state index is 12.7. The van der Waals surface area contributed by atoms with E-state index in [1.807, 2.05) is 0 Å². The van der Waals surface area contributed by atoms with Crippen molar-refractivity contribution < 1.29 is 27.0 Å². The van der Waals surface area contributed by atoms with Crippen LogP contribution in [0.3, 0.4) is 0 Å². The number of nitrogens with one attached hydrogen (secondary N) is 1. The summed E-state index contributed by atoms with van der Waals surface area (Å²) in [5, 5.41) is 11.8. The van der Waals surface area contributed by atoms with Gasteiger partial charge in [0.05, 0.1) is 0 Å². The number of carboxylic acid groups (broad SMARTS) is 1. The van der Waals surface area contributed by atoms with Crippen LogP contribution in [0, 0.1) is 17.7 Å². The molecule has 4 heteroatoms. The maximum Gasteiger partial charge on any atom is 0.326 e. The number of carbonyl (C=O) groups is 2. The van der Waals surface area contributed by atoms with Crippen LogP contribution in [0.4, 0.5) is 0 Å². The molecule has 2 rings (SSSR count). The first-order valence-electron chi connectivity index (χ1n) is 12.1. The predicted molar refractivity (Wildman–Crippen MR) is 90.0 cm³/mol. The van der Waals surface area contributed by atoms with Gasteiger partial charge in [-0.25, -0.2) is 4.79 Å². The third-order valence-corrected chi connectivity index (χ3v) is 4.12. The van der Waals surface area contributed by atoms with E-state index in [-0.39, 0.29) is 31.2 Å². The van der Waals surface area contributed by atoms with Gasteiger partial charge in [0.1, 0.15) is 6.04 Å². The molecule has 1 aliphatic carbocycles. The van der Waals surface area contributed by atoms with Crippen LogP contribution in [-0.2, 0) is 16.0 Å². The van der Waals surface area contributed by atoms with E-state index in [1.165, 1.54) is 12.1 Å². The molecule has 1 atom stereocenters. The van der Waals surface area contributed by atoms with Crippen molar-refractivity contribution >= 4 is 11.9 Å². The molecule has 0 radical (unpaired) electrons. The van der Waals surface area contributed by atoms with E-state index >= 15 is 0 Å². The molecule has 1 aromatic carbocycles. The monoisotopic (exact) mass is 326 g/mol. The fraction of sp³-hybridized carbons (Fsp3) is 0.579. The molecule has 1 aromatic rings. The number of benzene rings is 1. The zero-order valence-corrected chi connectivity index (χ0v) is 12.7. The molecule has 0 unspecified atom stereocenters. The van der Waals surface area contributed by atoms with Crippen LogP contribution in [0.25, 0.3) is 0 Å². The lowest BCUT2D eigenvalue weighted by Gasteiger charge is -2.30. The fourth-order valence-corrected chi connectivity index (χ4v) is 2.76. The Labute approximate surface area is 150 Å². The third kappa shape index (κ3) is 5.08. The van der Waals surface area contributed by atoms with Gasteiger partial charge in [-0.1, -0.05) is 44.0 Å². The molecule has 2 N–H and O–H groups in total. The lowest BCUT2D eigenvalue weighted by molar-refractivity contribution is -0.142. The summed E-state index contributed by atoms with van der Waals surface area (Å²) in [6.07, 6.45) is -2.24. The molecule has 126 valence electrons. The Morgan fingerprint density at radius 3 is 2.52 bits per heavy atom. The van der Waals surface area contributed by atoms with Crippen LogP contribution in [0.5, 0.6) is 0 Å².